The summed E-state index contributed by atoms with van der Waals surface area (Å²) >= 11 is 0. The molecule has 6 nitrogen and oxygen atoms in total. The van der Waals surface area contributed by atoms with Crippen molar-refractivity contribution in [3.05, 3.63) is 27.9 Å². The van der Waals surface area contributed by atoms with Crippen LogP contribution in [-0.4, -0.2) is 15.4 Å². The molecule has 90 valence electrons. The Morgan fingerprint density at radius 1 is 1.65 bits per heavy atom. The van der Waals surface area contributed by atoms with E-state index in [1.54, 1.807) is 0 Å². The van der Waals surface area contributed by atoms with Crippen LogP contribution in [0.15, 0.2) is 12.3 Å². The van der Waals surface area contributed by atoms with E-state index in [-0.39, 0.29) is 16.8 Å². The molecular formula is C11H14N4O2. The molecule has 0 fully saturated rings. The summed E-state index contributed by atoms with van der Waals surface area (Å²) in [5, 5.41) is 22.6. The van der Waals surface area contributed by atoms with E-state index in [1.165, 1.54) is 6.07 Å². The quantitative estimate of drug-likeness (QED) is 0.638. The highest BCUT2D eigenvalue weighted by molar-refractivity contribution is 5.56. The summed E-state index contributed by atoms with van der Waals surface area (Å²) in [7, 11) is 0. The van der Waals surface area contributed by atoms with Crippen LogP contribution in [0.25, 0.3) is 0 Å². The molecule has 0 spiro atoms. The normalized spacial score (nSPS) is 10.7. The van der Waals surface area contributed by atoms with Gasteiger partial charge in [-0.05, 0) is 20.3 Å². The summed E-state index contributed by atoms with van der Waals surface area (Å²) in [6, 6.07) is 3.13. The second-order valence-electron chi connectivity index (χ2n) is 4.32. The molecular weight excluding hydrogens is 220 g/mol. The molecule has 0 aliphatic heterocycles. The minimum Gasteiger partial charge on any atom is -0.364 e. The van der Waals surface area contributed by atoms with Crippen molar-refractivity contribution >= 4 is 11.5 Å². The van der Waals surface area contributed by atoms with Gasteiger partial charge in [-0.2, -0.15) is 5.26 Å². The molecule has 0 atom stereocenters. The molecule has 0 amide bonds. The summed E-state index contributed by atoms with van der Waals surface area (Å²) in [4.78, 5) is 13.9. The maximum absolute atomic E-state index is 10.6. The standard InChI is InChI=1S/C11H14N4O2/c1-4-11(2,3)14-10-8(6-12)5-9(7-13-10)15(16)17/h5,7H,4H2,1-3H3,(H,13,14). The van der Waals surface area contributed by atoms with Crippen molar-refractivity contribution in [3.8, 4) is 6.07 Å². The minimum absolute atomic E-state index is 0.179. The number of rotatable bonds is 4. The summed E-state index contributed by atoms with van der Waals surface area (Å²) in [5.41, 5.74) is -0.212. The molecule has 0 unspecified atom stereocenters. The number of hydrogen-bond acceptors (Lipinski definition) is 5. The molecule has 1 aromatic heterocycles. The van der Waals surface area contributed by atoms with E-state index >= 15 is 0 Å². The zero-order valence-electron chi connectivity index (χ0n) is 10.0. The van der Waals surface area contributed by atoms with Gasteiger partial charge in [0.25, 0.3) is 5.69 Å². The maximum atomic E-state index is 10.6. The fourth-order valence-corrected chi connectivity index (χ4v) is 1.15. The van der Waals surface area contributed by atoms with Gasteiger partial charge < -0.3 is 5.32 Å². The van der Waals surface area contributed by atoms with Gasteiger partial charge in [0.2, 0.25) is 0 Å². The van der Waals surface area contributed by atoms with Crippen LogP contribution >= 0.6 is 0 Å². The molecule has 0 aromatic carbocycles. The Morgan fingerprint density at radius 3 is 2.76 bits per heavy atom. The second-order valence-corrected chi connectivity index (χ2v) is 4.32. The van der Waals surface area contributed by atoms with E-state index < -0.39 is 4.92 Å². The van der Waals surface area contributed by atoms with E-state index in [9.17, 15) is 10.1 Å². The zero-order valence-corrected chi connectivity index (χ0v) is 10.0. The molecule has 0 saturated carbocycles. The minimum atomic E-state index is -0.567. The highest BCUT2D eigenvalue weighted by Crippen LogP contribution is 2.22. The lowest BCUT2D eigenvalue weighted by Gasteiger charge is -2.25. The van der Waals surface area contributed by atoms with Crippen molar-refractivity contribution < 1.29 is 4.92 Å². The third kappa shape index (κ3) is 3.14. The molecule has 1 aromatic rings. The van der Waals surface area contributed by atoms with E-state index in [2.05, 4.69) is 10.3 Å². The fraction of sp³-hybridized carbons (Fsp3) is 0.455. The number of nitriles is 1. The summed E-state index contributed by atoms with van der Waals surface area (Å²) in [5.74, 6) is 0.380. The predicted molar refractivity (Wildman–Crippen MR) is 63.6 cm³/mol. The first-order chi connectivity index (χ1) is 7.89. The van der Waals surface area contributed by atoms with Gasteiger partial charge in [0.15, 0.2) is 0 Å². The number of nitro groups is 1. The molecule has 0 radical (unpaired) electrons. The van der Waals surface area contributed by atoms with Gasteiger partial charge >= 0.3 is 0 Å². The van der Waals surface area contributed by atoms with Crippen molar-refractivity contribution in [2.45, 2.75) is 32.7 Å². The van der Waals surface area contributed by atoms with E-state index in [1.807, 2.05) is 26.8 Å². The maximum Gasteiger partial charge on any atom is 0.289 e. The highest BCUT2D eigenvalue weighted by atomic mass is 16.6. The summed E-state index contributed by atoms with van der Waals surface area (Å²) < 4.78 is 0. The van der Waals surface area contributed by atoms with Crippen molar-refractivity contribution in [2.75, 3.05) is 5.32 Å². The van der Waals surface area contributed by atoms with E-state index in [0.717, 1.165) is 12.6 Å². The molecule has 17 heavy (non-hydrogen) atoms. The Kier molecular flexibility index (Phi) is 3.63. The number of nitrogens with zero attached hydrogens (tertiary/aromatic N) is 3. The van der Waals surface area contributed by atoms with Gasteiger partial charge in [-0.25, -0.2) is 4.98 Å². The molecule has 0 aliphatic carbocycles. The average Bonchev–Trinajstić information content (AvgIpc) is 2.29. The smallest absolute Gasteiger partial charge is 0.289 e. The summed E-state index contributed by atoms with van der Waals surface area (Å²) in [6.45, 7) is 5.94. The Balaban J connectivity index is 3.11. The lowest BCUT2D eigenvalue weighted by molar-refractivity contribution is -0.385. The monoisotopic (exact) mass is 234 g/mol. The molecule has 1 N–H and O–H groups in total. The van der Waals surface area contributed by atoms with Crippen molar-refractivity contribution in [2.24, 2.45) is 0 Å². The van der Waals surface area contributed by atoms with Crippen LogP contribution in [0.1, 0.15) is 32.8 Å². The van der Waals surface area contributed by atoms with E-state index in [4.69, 9.17) is 5.26 Å². The van der Waals surface area contributed by atoms with Gasteiger partial charge in [-0.1, -0.05) is 6.92 Å². The number of aromatic nitrogens is 1. The Labute approximate surface area is 99.4 Å². The van der Waals surface area contributed by atoms with Crippen LogP contribution in [0.3, 0.4) is 0 Å². The van der Waals surface area contributed by atoms with Crippen LogP contribution in [0.5, 0.6) is 0 Å². The van der Waals surface area contributed by atoms with Crippen LogP contribution in [0.2, 0.25) is 0 Å². The topological polar surface area (TPSA) is 91.8 Å². The molecule has 0 aliphatic rings. The van der Waals surface area contributed by atoms with E-state index in [0.29, 0.717) is 5.82 Å². The Morgan fingerprint density at radius 2 is 2.29 bits per heavy atom. The lowest BCUT2D eigenvalue weighted by Crippen LogP contribution is -2.30. The zero-order chi connectivity index (χ0) is 13.1. The second kappa shape index (κ2) is 4.78. The first-order valence-electron chi connectivity index (χ1n) is 5.22. The fourth-order valence-electron chi connectivity index (χ4n) is 1.15. The SMILES string of the molecule is CCC(C)(C)Nc1ncc([N+](=O)[O-])cc1C#N. The molecule has 1 rings (SSSR count). The molecule has 0 saturated heterocycles. The highest BCUT2D eigenvalue weighted by Gasteiger charge is 2.19. The Hall–Kier alpha value is -2.16. The Bertz CT molecular complexity index is 477. The first kappa shape index (κ1) is 12.9. The molecule has 0 bridgehead atoms. The van der Waals surface area contributed by atoms with Crippen molar-refractivity contribution in [3.63, 3.8) is 0 Å². The number of nitrogens with one attached hydrogen (secondary N) is 1. The van der Waals surface area contributed by atoms with Gasteiger partial charge in [0, 0.05) is 11.6 Å². The van der Waals surface area contributed by atoms with Crippen LogP contribution in [0.4, 0.5) is 11.5 Å². The average molecular weight is 234 g/mol. The van der Waals surface area contributed by atoms with Crippen LogP contribution < -0.4 is 5.32 Å². The number of anilines is 1. The predicted octanol–water partition coefficient (Wildman–Crippen LogP) is 2.46. The first-order valence-corrected chi connectivity index (χ1v) is 5.22. The third-order valence-electron chi connectivity index (χ3n) is 2.55. The van der Waals surface area contributed by atoms with Gasteiger partial charge in [-0.15, -0.1) is 0 Å². The van der Waals surface area contributed by atoms with Crippen LogP contribution in [0, 0.1) is 21.4 Å². The lowest BCUT2D eigenvalue weighted by atomic mass is 10.0. The summed E-state index contributed by atoms with van der Waals surface area (Å²) in [6.07, 6.45) is 1.99. The molecule has 6 heteroatoms. The van der Waals surface area contributed by atoms with Gasteiger partial charge in [-0.3, -0.25) is 10.1 Å². The van der Waals surface area contributed by atoms with Crippen molar-refractivity contribution in [1.29, 1.82) is 5.26 Å². The van der Waals surface area contributed by atoms with Gasteiger partial charge in [0.1, 0.15) is 23.6 Å². The largest absolute Gasteiger partial charge is 0.364 e. The number of pyridine rings is 1. The third-order valence-corrected chi connectivity index (χ3v) is 2.55. The van der Waals surface area contributed by atoms with Gasteiger partial charge in [0.05, 0.1) is 4.92 Å². The van der Waals surface area contributed by atoms with Crippen LogP contribution in [-0.2, 0) is 0 Å². The van der Waals surface area contributed by atoms with Crippen molar-refractivity contribution in [1.82, 2.24) is 4.98 Å². The number of hydrogen-bond donors (Lipinski definition) is 1. The molecule has 1 heterocycles.